The van der Waals surface area contributed by atoms with Crippen molar-refractivity contribution in [3.05, 3.63) is 90.0 Å². The number of amides is 1. The van der Waals surface area contributed by atoms with Gasteiger partial charge in [-0.2, -0.15) is 5.10 Å². The molecule has 4 aromatic rings. The van der Waals surface area contributed by atoms with E-state index in [1.165, 1.54) is 30.1 Å². The molecule has 1 aromatic heterocycles. The average molecular weight is 502 g/mol. The van der Waals surface area contributed by atoms with Crippen LogP contribution in [0.4, 0.5) is 0 Å². The lowest BCUT2D eigenvalue weighted by Crippen LogP contribution is -2.20. The van der Waals surface area contributed by atoms with Crippen molar-refractivity contribution in [3.8, 4) is 22.8 Å². The highest BCUT2D eigenvalue weighted by Gasteiger charge is 2.17. The highest BCUT2D eigenvalue weighted by Crippen LogP contribution is 2.28. The summed E-state index contributed by atoms with van der Waals surface area (Å²) in [4.78, 5) is 23.3. The maximum absolute atomic E-state index is 12.4. The first-order valence-electron chi connectivity index (χ1n) is 11.1. The normalized spacial score (nSPS) is 10.9. The minimum absolute atomic E-state index is 0.0687. The van der Waals surface area contributed by atoms with Crippen molar-refractivity contribution in [1.82, 2.24) is 20.2 Å². The van der Waals surface area contributed by atoms with E-state index in [0.717, 1.165) is 17.0 Å². The third-order valence-electron chi connectivity index (χ3n) is 4.96. The fraction of sp³-hybridized carbons (Fsp3) is 0.115. The van der Waals surface area contributed by atoms with Crippen LogP contribution in [-0.4, -0.2) is 50.3 Å². The molecule has 0 radical (unpaired) electrons. The number of carbonyl (C=O) groups is 2. The number of rotatable bonds is 10. The Morgan fingerprint density at radius 1 is 1.03 bits per heavy atom. The minimum Gasteiger partial charge on any atom is -0.494 e. The van der Waals surface area contributed by atoms with Crippen LogP contribution in [-0.2, 0) is 4.79 Å². The van der Waals surface area contributed by atoms with Crippen LogP contribution < -0.4 is 10.2 Å². The molecule has 10 heteroatoms. The number of thioether (sulfide) groups is 1. The highest BCUT2D eigenvalue weighted by molar-refractivity contribution is 7.99. The number of hydrazone groups is 1. The molecule has 2 N–H and O–H groups in total. The Morgan fingerprint density at radius 3 is 2.42 bits per heavy atom. The van der Waals surface area contributed by atoms with Crippen LogP contribution in [0.2, 0.25) is 0 Å². The number of carbonyl (C=O) groups excluding carboxylic acids is 1. The van der Waals surface area contributed by atoms with Crippen LogP contribution in [0.15, 0.2) is 89.1 Å². The van der Waals surface area contributed by atoms with Crippen molar-refractivity contribution in [2.24, 2.45) is 5.10 Å². The van der Waals surface area contributed by atoms with E-state index in [9.17, 15) is 9.59 Å². The number of hydrogen-bond acceptors (Lipinski definition) is 7. The molecular formula is C26H23N5O4S. The van der Waals surface area contributed by atoms with Crippen molar-refractivity contribution in [2.75, 3.05) is 12.4 Å². The molecule has 0 unspecified atom stereocenters. The molecular weight excluding hydrogens is 478 g/mol. The molecule has 182 valence electrons. The molecule has 0 aliphatic heterocycles. The Morgan fingerprint density at radius 2 is 1.75 bits per heavy atom. The van der Waals surface area contributed by atoms with Crippen molar-refractivity contribution in [2.45, 2.75) is 12.1 Å². The van der Waals surface area contributed by atoms with Gasteiger partial charge in [0.2, 0.25) is 0 Å². The zero-order valence-electron chi connectivity index (χ0n) is 19.4. The number of nitrogens with one attached hydrogen (secondary N) is 1. The number of carboxylic acids is 1. The van der Waals surface area contributed by atoms with Gasteiger partial charge in [-0.25, -0.2) is 10.2 Å². The second kappa shape index (κ2) is 11.8. The van der Waals surface area contributed by atoms with E-state index in [0.29, 0.717) is 23.2 Å². The molecule has 4 rings (SSSR count). The number of aromatic nitrogens is 3. The van der Waals surface area contributed by atoms with Crippen LogP contribution in [0, 0.1) is 0 Å². The third-order valence-corrected chi connectivity index (χ3v) is 5.89. The van der Waals surface area contributed by atoms with Crippen LogP contribution in [0.1, 0.15) is 22.8 Å². The predicted molar refractivity (Wildman–Crippen MR) is 138 cm³/mol. The van der Waals surface area contributed by atoms with Gasteiger partial charge in [-0.15, -0.1) is 10.2 Å². The van der Waals surface area contributed by atoms with Gasteiger partial charge < -0.3 is 9.84 Å². The Kier molecular flexibility index (Phi) is 8.09. The van der Waals surface area contributed by atoms with Crippen molar-refractivity contribution in [3.63, 3.8) is 0 Å². The molecule has 0 aliphatic rings. The molecule has 9 nitrogen and oxygen atoms in total. The summed E-state index contributed by atoms with van der Waals surface area (Å²) in [6.07, 6.45) is 1.45. The number of aromatic carboxylic acids is 1. The number of carboxylic acid groups (broad SMARTS) is 1. The van der Waals surface area contributed by atoms with Gasteiger partial charge in [0.25, 0.3) is 5.91 Å². The van der Waals surface area contributed by atoms with Gasteiger partial charge >= 0.3 is 5.97 Å². The average Bonchev–Trinajstić information content (AvgIpc) is 3.33. The summed E-state index contributed by atoms with van der Waals surface area (Å²) in [5, 5.41) is 22.2. The summed E-state index contributed by atoms with van der Waals surface area (Å²) in [6, 6.07) is 23.5. The van der Waals surface area contributed by atoms with E-state index in [-0.39, 0.29) is 17.2 Å². The highest BCUT2D eigenvalue weighted by atomic mass is 32.2. The van der Waals surface area contributed by atoms with E-state index in [2.05, 4.69) is 20.7 Å². The zero-order valence-corrected chi connectivity index (χ0v) is 20.2. The van der Waals surface area contributed by atoms with Crippen molar-refractivity contribution in [1.29, 1.82) is 0 Å². The summed E-state index contributed by atoms with van der Waals surface area (Å²) in [5.74, 6) is 0.169. The monoisotopic (exact) mass is 501 g/mol. The topological polar surface area (TPSA) is 119 Å². The molecule has 0 saturated heterocycles. The number of ether oxygens (including phenoxy) is 1. The van der Waals surface area contributed by atoms with Gasteiger partial charge in [-0.3, -0.25) is 9.36 Å². The fourth-order valence-electron chi connectivity index (χ4n) is 3.28. The zero-order chi connectivity index (χ0) is 25.3. The van der Waals surface area contributed by atoms with E-state index in [1.54, 1.807) is 12.1 Å². The van der Waals surface area contributed by atoms with Gasteiger partial charge in [0.05, 0.1) is 24.1 Å². The number of nitrogens with zero attached hydrogens (tertiary/aromatic N) is 4. The van der Waals surface area contributed by atoms with Gasteiger partial charge in [0, 0.05) is 11.3 Å². The lowest BCUT2D eigenvalue weighted by atomic mass is 10.1. The van der Waals surface area contributed by atoms with Crippen molar-refractivity contribution >= 4 is 29.9 Å². The summed E-state index contributed by atoms with van der Waals surface area (Å²) >= 11 is 1.24. The summed E-state index contributed by atoms with van der Waals surface area (Å²) in [7, 11) is 0. The Hall–Kier alpha value is -4.44. The summed E-state index contributed by atoms with van der Waals surface area (Å²) in [6.45, 7) is 2.51. The lowest BCUT2D eigenvalue weighted by Gasteiger charge is -2.11. The first-order chi connectivity index (χ1) is 17.5. The van der Waals surface area contributed by atoms with Crippen LogP contribution in [0.25, 0.3) is 17.1 Å². The first-order valence-corrected chi connectivity index (χ1v) is 12.1. The Bertz CT molecular complexity index is 1350. The smallest absolute Gasteiger partial charge is 0.335 e. The van der Waals surface area contributed by atoms with E-state index in [4.69, 9.17) is 9.84 Å². The van der Waals surface area contributed by atoms with E-state index >= 15 is 0 Å². The second-order valence-corrected chi connectivity index (χ2v) is 8.39. The van der Waals surface area contributed by atoms with Gasteiger partial charge in [-0.05, 0) is 48.9 Å². The molecule has 0 spiro atoms. The third kappa shape index (κ3) is 6.16. The molecule has 36 heavy (non-hydrogen) atoms. The molecule has 0 fully saturated rings. The predicted octanol–water partition coefficient (Wildman–Crippen LogP) is 4.27. The van der Waals surface area contributed by atoms with Gasteiger partial charge in [0.15, 0.2) is 11.0 Å². The first kappa shape index (κ1) is 24.7. The van der Waals surface area contributed by atoms with E-state index < -0.39 is 5.97 Å². The lowest BCUT2D eigenvalue weighted by molar-refractivity contribution is -0.118. The van der Waals surface area contributed by atoms with Crippen LogP contribution >= 0.6 is 11.8 Å². The number of hydrogen-bond donors (Lipinski definition) is 2. The van der Waals surface area contributed by atoms with Gasteiger partial charge in [-0.1, -0.05) is 54.2 Å². The second-order valence-electron chi connectivity index (χ2n) is 7.44. The SMILES string of the molecule is CCOc1ccc(-n2c(SCC(=O)N/N=C/c3ccc(C(=O)O)cc3)nnc2-c2ccccc2)cc1. The molecule has 1 heterocycles. The van der Waals surface area contributed by atoms with Gasteiger partial charge in [0.1, 0.15) is 5.75 Å². The molecule has 0 saturated carbocycles. The maximum Gasteiger partial charge on any atom is 0.335 e. The summed E-state index contributed by atoms with van der Waals surface area (Å²) in [5.41, 5.74) is 5.06. The Labute approximate surface area is 211 Å². The fourth-order valence-corrected chi connectivity index (χ4v) is 4.03. The maximum atomic E-state index is 12.4. The minimum atomic E-state index is -1.00. The van der Waals surface area contributed by atoms with Crippen molar-refractivity contribution < 1.29 is 19.4 Å². The summed E-state index contributed by atoms with van der Waals surface area (Å²) < 4.78 is 7.45. The largest absolute Gasteiger partial charge is 0.494 e. The molecule has 0 atom stereocenters. The molecule has 3 aromatic carbocycles. The number of benzene rings is 3. The molecule has 1 amide bonds. The van der Waals surface area contributed by atoms with Crippen LogP contribution in [0.3, 0.4) is 0 Å². The standard InChI is InChI=1S/C26H23N5O4S/c1-2-35-22-14-12-21(13-15-22)31-24(19-6-4-3-5-7-19)29-30-26(31)36-17-23(32)28-27-16-18-8-10-20(11-9-18)25(33)34/h3-16H,2,17H2,1H3,(H,28,32)(H,33,34)/b27-16+. The quantitative estimate of drug-likeness (QED) is 0.189. The van der Waals surface area contributed by atoms with Crippen LogP contribution in [0.5, 0.6) is 5.75 Å². The van der Waals surface area contributed by atoms with E-state index in [1.807, 2.05) is 66.1 Å². The molecule has 0 bridgehead atoms. The Balaban J connectivity index is 1.47. The molecule has 0 aliphatic carbocycles.